The van der Waals surface area contributed by atoms with Crippen LogP contribution in [0.1, 0.15) is 31.2 Å². The summed E-state index contributed by atoms with van der Waals surface area (Å²) in [6, 6.07) is 26.2. The summed E-state index contributed by atoms with van der Waals surface area (Å²) in [4.78, 5) is 2.56. The second-order valence-corrected chi connectivity index (χ2v) is 8.01. The van der Waals surface area contributed by atoms with Crippen LogP contribution in [0.15, 0.2) is 78.9 Å². The third kappa shape index (κ3) is 6.76. The summed E-state index contributed by atoms with van der Waals surface area (Å²) in [5.41, 5.74) is 2.18. The topological polar surface area (TPSA) is 33.7 Å². The highest BCUT2D eigenvalue weighted by atomic mass is 16.5. The van der Waals surface area contributed by atoms with Crippen molar-refractivity contribution in [2.45, 2.75) is 32.2 Å². The Kier molecular flexibility index (Phi) is 7.83. The molecule has 0 bridgehead atoms. The van der Waals surface area contributed by atoms with Crippen molar-refractivity contribution in [3.63, 3.8) is 0 Å². The van der Waals surface area contributed by atoms with Gasteiger partial charge in [0.25, 0.3) is 0 Å². The number of anilines is 1. The Balaban J connectivity index is 1.23. The number of nitrogens with one attached hydrogen (secondary N) is 1. The second kappa shape index (κ2) is 11.4. The van der Waals surface area contributed by atoms with Crippen molar-refractivity contribution in [1.29, 1.82) is 0 Å². The van der Waals surface area contributed by atoms with Crippen molar-refractivity contribution in [1.82, 2.24) is 4.90 Å². The molecule has 0 amide bonds. The largest absolute Gasteiger partial charge is 0.494 e. The van der Waals surface area contributed by atoms with Crippen LogP contribution in [0.25, 0.3) is 0 Å². The van der Waals surface area contributed by atoms with Gasteiger partial charge in [-0.3, -0.25) is 0 Å². The van der Waals surface area contributed by atoms with Gasteiger partial charge in [0.2, 0.25) is 0 Å². The highest BCUT2D eigenvalue weighted by molar-refractivity contribution is 5.57. The number of hydrogen-bond donors (Lipinski definition) is 1. The fourth-order valence-corrected chi connectivity index (χ4v) is 3.88. The zero-order chi connectivity index (χ0) is 21.1. The molecule has 4 nitrogen and oxygen atoms in total. The Morgan fingerprint density at radius 2 is 1.48 bits per heavy atom. The second-order valence-electron chi connectivity index (χ2n) is 8.01. The molecular weight excluding hydrogens is 384 g/mol. The molecule has 162 valence electrons. The Bertz CT molecular complexity index is 906. The molecule has 0 saturated carbocycles. The molecule has 0 aromatic heterocycles. The summed E-state index contributed by atoms with van der Waals surface area (Å²) >= 11 is 0. The lowest BCUT2D eigenvalue weighted by Crippen LogP contribution is -2.31. The van der Waals surface area contributed by atoms with Gasteiger partial charge in [0.05, 0.1) is 12.3 Å². The summed E-state index contributed by atoms with van der Waals surface area (Å²) in [5.74, 6) is 2.59. The van der Waals surface area contributed by atoms with Gasteiger partial charge in [-0.1, -0.05) is 48.9 Å². The Morgan fingerprint density at radius 3 is 2.29 bits per heavy atom. The van der Waals surface area contributed by atoms with Gasteiger partial charge in [0.15, 0.2) is 5.75 Å². The number of likely N-dealkylation sites (tertiary alicyclic amines) is 1. The first-order valence-electron chi connectivity index (χ1n) is 11.4. The Hall–Kier alpha value is -2.98. The molecule has 0 unspecified atom stereocenters. The van der Waals surface area contributed by atoms with E-state index in [1.54, 1.807) is 0 Å². The van der Waals surface area contributed by atoms with E-state index in [0.717, 1.165) is 49.1 Å². The minimum absolute atomic E-state index is 0.727. The molecule has 1 fully saturated rings. The first-order chi connectivity index (χ1) is 15.4. The number of ether oxygens (including phenoxy) is 2. The summed E-state index contributed by atoms with van der Waals surface area (Å²) < 4.78 is 12.0. The monoisotopic (exact) mass is 416 g/mol. The maximum Gasteiger partial charge on any atom is 0.150 e. The van der Waals surface area contributed by atoms with Gasteiger partial charge in [0, 0.05) is 13.1 Å². The zero-order valence-corrected chi connectivity index (χ0v) is 18.1. The van der Waals surface area contributed by atoms with Crippen LogP contribution in [0, 0.1) is 0 Å². The summed E-state index contributed by atoms with van der Waals surface area (Å²) in [7, 11) is 0. The van der Waals surface area contributed by atoms with E-state index in [1.807, 2.05) is 54.6 Å². The number of benzene rings is 3. The van der Waals surface area contributed by atoms with Crippen LogP contribution in [0.3, 0.4) is 0 Å². The lowest BCUT2D eigenvalue weighted by Gasteiger charge is -2.26. The molecule has 1 aliphatic heterocycles. The number of nitrogens with zero attached hydrogens (tertiary/aromatic N) is 1. The van der Waals surface area contributed by atoms with Gasteiger partial charge in [-0.15, -0.1) is 0 Å². The highest BCUT2D eigenvalue weighted by Gasteiger charge is 2.09. The smallest absolute Gasteiger partial charge is 0.150 e. The van der Waals surface area contributed by atoms with Crippen molar-refractivity contribution in [2.75, 3.05) is 31.6 Å². The maximum absolute atomic E-state index is 6.03. The molecule has 0 aliphatic carbocycles. The molecular formula is C27H32N2O2. The van der Waals surface area contributed by atoms with Crippen molar-refractivity contribution in [3.05, 3.63) is 84.4 Å². The molecule has 4 heteroatoms. The van der Waals surface area contributed by atoms with Gasteiger partial charge >= 0.3 is 0 Å². The fourth-order valence-electron chi connectivity index (χ4n) is 3.88. The normalized spacial score (nSPS) is 14.2. The molecule has 0 radical (unpaired) electrons. The molecule has 3 aromatic carbocycles. The zero-order valence-electron chi connectivity index (χ0n) is 18.1. The average Bonchev–Trinajstić information content (AvgIpc) is 2.83. The number of para-hydroxylation sites is 3. The van der Waals surface area contributed by atoms with Crippen molar-refractivity contribution in [2.24, 2.45) is 0 Å². The van der Waals surface area contributed by atoms with Crippen LogP contribution in [0.5, 0.6) is 17.2 Å². The van der Waals surface area contributed by atoms with Crippen LogP contribution in [-0.2, 0) is 6.54 Å². The van der Waals surface area contributed by atoms with E-state index in [9.17, 15) is 0 Å². The molecule has 3 aromatic rings. The van der Waals surface area contributed by atoms with E-state index in [4.69, 9.17) is 9.47 Å². The van der Waals surface area contributed by atoms with Crippen LogP contribution >= 0.6 is 0 Å². The van der Waals surface area contributed by atoms with Crippen molar-refractivity contribution in [3.8, 4) is 17.2 Å². The SMILES string of the molecule is c1ccc(Oc2ccccc2NCc2ccc(OCCCN3CCCCC3)cc2)cc1. The van der Waals surface area contributed by atoms with E-state index in [-0.39, 0.29) is 0 Å². The van der Waals surface area contributed by atoms with Crippen LogP contribution < -0.4 is 14.8 Å². The number of hydrogen-bond acceptors (Lipinski definition) is 4. The molecule has 1 N–H and O–H groups in total. The molecule has 1 heterocycles. The fraction of sp³-hybridized carbons (Fsp3) is 0.333. The molecule has 0 spiro atoms. The Morgan fingerprint density at radius 1 is 0.742 bits per heavy atom. The van der Waals surface area contributed by atoms with Gasteiger partial charge in [0.1, 0.15) is 11.5 Å². The summed E-state index contributed by atoms with van der Waals surface area (Å²) in [5, 5.41) is 3.49. The minimum atomic E-state index is 0.727. The summed E-state index contributed by atoms with van der Waals surface area (Å²) in [6.07, 6.45) is 5.17. The lowest BCUT2D eigenvalue weighted by atomic mass is 10.1. The first-order valence-corrected chi connectivity index (χ1v) is 11.4. The third-order valence-electron chi connectivity index (χ3n) is 5.60. The van der Waals surface area contributed by atoms with Crippen molar-refractivity contribution < 1.29 is 9.47 Å². The molecule has 31 heavy (non-hydrogen) atoms. The van der Waals surface area contributed by atoms with Crippen LogP contribution in [0.2, 0.25) is 0 Å². The van der Waals surface area contributed by atoms with E-state index in [2.05, 4.69) is 34.5 Å². The quantitative estimate of drug-likeness (QED) is 0.391. The molecule has 4 rings (SSSR count). The Labute approximate surface area is 185 Å². The predicted octanol–water partition coefficient (Wildman–Crippen LogP) is 6.35. The van der Waals surface area contributed by atoms with Gasteiger partial charge in [-0.25, -0.2) is 0 Å². The van der Waals surface area contributed by atoms with Gasteiger partial charge < -0.3 is 19.7 Å². The minimum Gasteiger partial charge on any atom is -0.494 e. The highest BCUT2D eigenvalue weighted by Crippen LogP contribution is 2.29. The summed E-state index contributed by atoms with van der Waals surface area (Å²) in [6.45, 7) is 5.15. The molecule has 1 saturated heterocycles. The van der Waals surface area contributed by atoms with Gasteiger partial charge in [-0.05, 0) is 74.3 Å². The van der Waals surface area contributed by atoms with Crippen LogP contribution in [0.4, 0.5) is 5.69 Å². The van der Waals surface area contributed by atoms with E-state index < -0.39 is 0 Å². The van der Waals surface area contributed by atoms with Crippen molar-refractivity contribution >= 4 is 5.69 Å². The lowest BCUT2D eigenvalue weighted by molar-refractivity contribution is 0.205. The first kappa shape index (κ1) is 21.3. The van der Waals surface area contributed by atoms with Crippen LogP contribution in [-0.4, -0.2) is 31.1 Å². The maximum atomic E-state index is 6.03. The van der Waals surface area contributed by atoms with E-state index in [0.29, 0.717) is 0 Å². The standard InChI is InChI=1S/C27H32N2O2/c1-3-10-25(11-4-1)31-27-13-6-5-12-26(27)28-22-23-14-16-24(17-15-23)30-21-9-20-29-18-7-2-8-19-29/h1,3-6,10-17,28H,2,7-9,18-22H2. The third-order valence-corrected chi connectivity index (χ3v) is 5.60. The van der Waals surface area contributed by atoms with E-state index in [1.165, 1.54) is 37.9 Å². The van der Waals surface area contributed by atoms with E-state index >= 15 is 0 Å². The molecule has 1 aliphatic rings. The number of piperidine rings is 1. The predicted molar refractivity (Wildman–Crippen MR) is 127 cm³/mol. The number of rotatable bonds is 10. The van der Waals surface area contributed by atoms with Gasteiger partial charge in [-0.2, -0.15) is 0 Å². The molecule has 0 atom stereocenters. The average molecular weight is 417 g/mol.